The van der Waals surface area contributed by atoms with E-state index in [2.05, 4.69) is 15.3 Å². The van der Waals surface area contributed by atoms with E-state index >= 15 is 0 Å². The molecular formula is C16H12Cl2N4O. The van der Waals surface area contributed by atoms with Crippen molar-refractivity contribution in [2.24, 2.45) is 5.10 Å². The molecule has 3 aromatic rings. The monoisotopic (exact) mass is 346 g/mol. The van der Waals surface area contributed by atoms with Gasteiger partial charge in [-0.1, -0.05) is 41.4 Å². The van der Waals surface area contributed by atoms with Crippen molar-refractivity contribution >= 4 is 29.4 Å². The van der Waals surface area contributed by atoms with Crippen LogP contribution in [0.1, 0.15) is 11.1 Å². The number of hydrogen-bond donors (Lipinski definition) is 0. The molecule has 23 heavy (non-hydrogen) atoms. The van der Waals surface area contributed by atoms with Gasteiger partial charge < -0.3 is 4.74 Å². The highest BCUT2D eigenvalue weighted by atomic mass is 35.5. The summed E-state index contributed by atoms with van der Waals surface area (Å²) in [6, 6.07) is 12.9. The van der Waals surface area contributed by atoms with E-state index in [9.17, 15) is 0 Å². The highest BCUT2D eigenvalue weighted by molar-refractivity contribution is 6.35. The van der Waals surface area contributed by atoms with E-state index < -0.39 is 0 Å². The number of benzene rings is 2. The molecule has 0 saturated heterocycles. The van der Waals surface area contributed by atoms with Gasteiger partial charge in [0.1, 0.15) is 25.0 Å². The Hall–Kier alpha value is -2.37. The van der Waals surface area contributed by atoms with E-state index in [1.165, 1.54) is 17.3 Å². The fourth-order valence-electron chi connectivity index (χ4n) is 1.90. The van der Waals surface area contributed by atoms with E-state index in [1.807, 2.05) is 24.3 Å². The number of halogens is 2. The molecule has 5 nitrogen and oxygen atoms in total. The molecule has 116 valence electrons. The van der Waals surface area contributed by atoms with Crippen LogP contribution in [0, 0.1) is 0 Å². The average molecular weight is 347 g/mol. The molecule has 0 spiro atoms. The third-order valence-electron chi connectivity index (χ3n) is 3.05. The lowest BCUT2D eigenvalue weighted by molar-refractivity contribution is 0.306. The summed E-state index contributed by atoms with van der Waals surface area (Å²) in [7, 11) is 0. The molecule has 0 N–H and O–H groups in total. The molecule has 1 aromatic heterocycles. The summed E-state index contributed by atoms with van der Waals surface area (Å²) >= 11 is 12.3. The molecule has 0 unspecified atom stereocenters. The minimum atomic E-state index is 0.296. The lowest BCUT2D eigenvalue weighted by atomic mass is 10.2. The molecule has 0 aliphatic carbocycles. The number of rotatable bonds is 5. The predicted octanol–water partition coefficient (Wildman–Crippen LogP) is 4.05. The van der Waals surface area contributed by atoms with Crippen molar-refractivity contribution < 1.29 is 4.74 Å². The van der Waals surface area contributed by atoms with Crippen molar-refractivity contribution in [1.29, 1.82) is 0 Å². The average Bonchev–Trinajstić information content (AvgIpc) is 3.06. The maximum Gasteiger partial charge on any atom is 0.141 e. The van der Waals surface area contributed by atoms with Crippen LogP contribution in [0.4, 0.5) is 0 Å². The van der Waals surface area contributed by atoms with Crippen LogP contribution in [0.2, 0.25) is 10.0 Å². The first-order valence-electron chi connectivity index (χ1n) is 6.77. The van der Waals surface area contributed by atoms with Crippen molar-refractivity contribution in [3.63, 3.8) is 0 Å². The van der Waals surface area contributed by atoms with Crippen molar-refractivity contribution in [2.45, 2.75) is 6.61 Å². The van der Waals surface area contributed by atoms with Crippen LogP contribution in [-0.4, -0.2) is 21.1 Å². The lowest BCUT2D eigenvalue weighted by Crippen LogP contribution is -1.98. The molecule has 1 heterocycles. The van der Waals surface area contributed by atoms with Crippen LogP contribution in [0.3, 0.4) is 0 Å². The zero-order chi connectivity index (χ0) is 16.1. The Bertz CT molecular complexity index is 798. The van der Waals surface area contributed by atoms with Gasteiger partial charge >= 0.3 is 0 Å². The van der Waals surface area contributed by atoms with Crippen LogP contribution < -0.4 is 4.74 Å². The molecule has 0 atom stereocenters. The second-order valence-electron chi connectivity index (χ2n) is 4.65. The first-order chi connectivity index (χ1) is 11.2. The minimum Gasteiger partial charge on any atom is -0.489 e. The first kappa shape index (κ1) is 15.5. The van der Waals surface area contributed by atoms with Gasteiger partial charge in [0.25, 0.3) is 0 Å². The number of hydrogen-bond acceptors (Lipinski definition) is 4. The van der Waals surface area contributed by atoms with Gasteiger partial charge in [-0.3, -0.25) is 0 Å². The summed E-state index contributed by atoms with van der Waals surface area (Å²) in [6.07, 6.45) is 4.71. The van der Waals surface area contributed by atoms with Crippen molar-refractivity contribution in [3.8, 4) is 5.75 Å². The lowest BCUT2D eigenvalue weighted by Gasteiger charge is -2.09. The second kappa shape index (κ2) is 7.26. The fourth-order valence-corrected chi connectivity index (χ4v) is 2.41. The van der Waals surface area contributed by atoms with E-state index in [0.717, 1.165) is 11.1 Å². The van der Waals surface area contributed by atoms with E-state index in [0.29, 0.717) is 22.4 Å². The summed E-state index contributed by atoms with van der Waals surface area (Å²) in [5.74, 6) is 0.702. The first-order valence-corrected chi connectivity index (χ1v) is 7.53. The predicted molar refractivity (Wildman–Crippen MR) is 90.3 cm³/mol. The molecule has 0 amide bonds. The van der Waals surface area contributed by atoms with E-state index in [1.54, 1.807) is 24.4 Å². The van der Waals surface area contributed by atoms with Gasteiger partial charge in [0, 0.05) is 15.6 Å². The molecule has 0 radical (unpaired) electrons. The fraction of sp³-hybridized carbons (Fsp3) is 0.0625. The Morgan fingerprint density at radius 3 is 2.48 bits per heavy atom. The van der Waals surface area contributed by atoms with Crippen molar-refractivity contribution in [2.75, 3.05) is 0 Å². The smallest absolute Gasteiger partial charge is 0.141 e. The summed E-state index contributed by atoms with van der Waals surface area (Å²) in [5.41, 5.74) is 1.65. The van der Waals surface area contributed by atoms with Gasteiger partial charge in [-0.2, -0.15) is 5.10 Å². The molecule has 0 aliphatic heterocycles. The van der Waals surface area contributed by atoms with Gasteiger partial charge in [0.15, 0.2) is 0 Å². The topological polar surface area (TPSA) is 52.3 Å². The molecule has 0 aliphatic rings. The Morgan fingerprint density at radius 2 is 1.74 bits per heavy atom. The van der Waals surface area contributed by atoms with Crippen LogP contribution in [0.5, 0.6) is 5.75 Å². The Labute approximate surface area is 143 Å². The van der Waals surface area contributed by atoms with Crippen LogP contribution in [-0.2, 0) is 6.61 Å². The molecule has 0 bridgehead atoms. The summed E-state index contributed by atoms with van der Waals surface area (Å²) in [6.45, 7) is 0.296. The minimum absolute atomic E-state index is 0.296. The molecule has 0 fully saturated rings. The van der Waals surface area contributed by atoms with E-state index in [-0.39, 0.29) is 0 Å². The van der Waals surface area contributed by atoms with Crippen molar-refractivity contribution in [3.05, 3.63) is 76.3 Å². The van der Waals surface area contributed by atoms with Crippen LogP contribution >= 0.6 is 23.2 Å². The second-order valence-corrected chi connectivity index (χ2v) is 5.46. The maximum atomic E-state index is 6.13. The quantitative estimate of drug-likeness (QED) is 0.655. The number of nitrogens with zero attached hydrogens (tertiary/aromatic N) is 4. The Kier molecular flexibility index (Phi) is 4.90. The van der Waals surface area contributed by atoms with Crippen molar-refractivity contribution in [1.82, 2.24) is 14.9 Å². The SMILES string of the molecule is Clc1cccc(Cl)c1COc1cccc(/C=N/n2cnnc2)c1. The summed E-state index contributed by atoms with van der Waals surface area (Å²) in [5, 5.41) is 12.7. The maximum absolute atomic E-state index is 6.13. The highest BCUT2D eigenvalue weighted by Crippen LogP contribution is 2.26. The third-order valence-corrected chi connectivity index (χ3v) is 3.76. The summed E-state index contributed by atoms with van der Waals surface area (Å²) < 4.78 is 7.28. The van der Waals surface area contributed by atoms with Gasteiger partial charge in [-0.05, 0) is 29.8 Å². The zero-order valence-corrected chi connectivity index (χ0v) is 13.4. The Morgan fingerprint density at radius 1 is 1.04 bits per heavy atom. The molecular weight excluding hydrogens is 335 g/mol. The summed E-state index contributed by atoms with van der Waals surface area (Å²) in [4.78, 5) is 0. The van der Waals surface area contributed by atoms with Gasteiger partial charge in [0.2, 0.25) is 0 Å². The molecule has 7 heteroatoms. The largest absolute Gasteiger partial charge is 0.489 e. The van der Waals surface area contributed by atoms with Gasteiger partial charge in [-0.15, -0.1) is 10.2 Å². The molecule has 3 rings (SSSR count). The van der Waals surface area contributed by atoms with Crippen LogP contribution in [0.15, 0.2) is 60.2 Å². The van der Waals surface area contributed by atoms with E-state index in [4.69, 9.17) is 27.9 Å². The van der Waals surface area contributed by atoms with Gasteiger partial charge in [0.05, 0.1) is 6.21 Å². The van der Waals surface area contributed by atoms with Gasteiger partial charge in [-0.25, -0.2) is 4.68 Å². The third kappa shape index (κ3) is 4.09. The number of aromatic nitrogens is 3. The zero-order valence-electron chi connectivity index (χ0n) is 11.9. The molecule has 2 aromatic carbocycles. The number of ether oxygens (including phenoxy) is 1. The normalized spacial score (nSPS) is 11.0. The van der Waals surface area contributed by atoms with Crippen LogP contribution in [0.25, 0.3) is 0 Å². The highest BCUT2D eigenvalue weighted by Gasteiger charge is 2.06. The Balaban J connectivity index is 1.70. The molecule has 0 saturated carbocycles. The standard InChI is InChI=1S/C16H12Cl2N4O/c17-15-5-2-6-16(18)14(15)9-23-13-4-1-3-12(7-13)8-21-22-10-19-20-11-22/h1-8,10-11H,9H2/b21-8+.